The van der Waals surface area contributed by atoms with Crippen LogP contribution >= 0.6 is 11.6 Å². The van der Waals surface area contributed by atoms with Crippen LogP contribution in [-0.4, -0.2) is 83.9 Å². The van der Waals surface area contributed by atoms with E-state index in [1.807, 2.05) is 30.3 Å². The Kier molecular flexibility index (Phi) is 12.7. The van der Waals surface area contributed by atoms with Gasteiger partial charge >= 0.3 is 0 Å². The number of aromatic nitrogens is 4. The number of nitrogens with zero attached hydrogens (tertiary/aromatic N) is 5. The first-order chi connectivity index (χ1) is 29.4. The fraction of sp³-hybridized carbons (Fsp3) is 0.444. The Bertz CT molecular complexity index is 2590. The molecule has 0 radical (unpaired) electrons. The van der Waals surface area contributed by atoms with E-state index in [9.17, 15) is 18.0 Å². The first-order valence-electron chi connectivity index (χ1n) is 21.0. The molecule has 3 aliphatic rings. The van der Waals surface area contributed by atoms with E-state index < -0.39 is 9.84 Å². The van der Waals surface area contributed by atoms with Crippen molar-refractivity contribution in [3.63, 3.8) is 0 Å². The van der Waals surface area contributed by atoms with Crippen LogP contribution in [-0.2, 0) is 27.4 Å². The molecule has 3 fully saturated rings. The van der Waals surface area contributed by atoms with Gasteiger partial charge in [0.1, 0.15) is 29.2 Å². The van der Waals surface area contributed by atoms with Crippen molar-refractivity contribution in [2.24, 2.45) is 13.0 Å². The van der Waals surface area contributed by atoms with Crippen molar-refractivity contribution in [1.29, 1.82) is 5.26 Å². The normalized spacial score (nSPS) is 20.8. The largest absolute Gasteiger partial charge is 0.490 e. The molecule has 1 amide bonds. The number of carbonyl (C=O) groups excluding carboxylic acids is 1. The Morgan fingerprint density at radius 3 is 2.44 bits per heavy atom. The van der Waals surface area contributed by atoms with E-state index in [0.717, 1.165) is 86.8 Å². The number of nitrogens with one attached hydrogen (secondary N) is 2. The summed E-state index contributed by atoms with van der Waals surface area (Å²) in [5.74, 6) is 2.20. The highest BCUT2D eigenvalue weighted by molar-refractivity contribution is 7.90. The molecule has 5 aromatic rings. The molecule has 14 nitrogen and oxygen atoms in total. The van der Waals surface area contributed by atoms with Crippen LogP contribution < -0.4 is 25.2 Å². The standard InChI is InChI=1S/C45H50ClN7O7S/c1-3-61(56,57)27-29-4-12-41(37(20-29)38-25-52(2)45(55)43-36(38)14-17-48-43)60-35-21-34(22-35)58-26-28-15-18-53(19-16-28)42-13-11-40(50-51-42)44(54)49-31-6-9-32(10-7-31)59-33-8-5-30(24-47)39(46)23-33/h4-5,8,11-14,17,20,23,25,28,31-32,34-35,48H,3,6-7,9-10,15-16,18-19,21-22,26-27H2,1-2H3,(H,49,54)/t31-,32-,34-,35-. The summed E-state index contributed by atoms with van der Waals surface area (Å²) in [6, 6.07) is 18.1. The van der Waals surface area contributed by atoms with Gasteiger partial charge in [0, 0.05) is 86.4 Å². The van der Waals surface area contributed by atoms with E-state index in [2.05, 4.69) is 31.5 Å². The molecule has 0 bridgehead atoms. The summed E-state index contributed by atoms with van der Waals surface area (Å²) in [6.07, 6.45) is 10.1. The molecular formula is C45H50ClN7O7S. The molecule has 0 unspecified atom stereocenters. The molecule has 2 aliphatic carbocycles. The average molecular weight is 868 g/mol. The average Bonchev–Trinajstić information content (AvgIpc) is 3.75. The van der Waals surface area contributed by atoms with Crippen LogP contribution in [0.2, 0.25) is 5.02 Å². The number of hydrogen-bond donors (Lipinski definition) is 2. The van der Waals surface area contributed by atoms with Gasteiger partial charge in [0.05, 0.1) is 28.5 Å². The predicted molar refractivity (Wildman–Crippen MR) is 233 cm³/mol. The Labute approximate surface area is 360 Å². The molecule has 8 rings (SSSR count). The Morgan fingerprint density at radius 1 is 0.951 bits per heavy atom. The molecule has 1 aliphatic heterocycles. The highest BCUT2D eigenvalue weighted by Gasteiger charge is 2.34. The van der Waals surface area contributed by atoms with Crippen LogP contribution in [0.25, 0.3) is 22.0 Å². The van der Waals surface area contributed by atoms with Crippen molar-refractivity contribution < 1.29 is 27.4 Å². The number of nitriles is 1. The first kappa shape index (κ1) is 42.3. The lowest BCUT2D eigenvalue weighted by Gasteiger charge is -2.38. The number of sulfone groups is 1. The van der Waals surface area contributed by atoms with Gasteiger partial charge in [0.25, 0.3) is 11.5 Å². The van der Waals surface area contributed by atoms with Gasteiger partial charge in [-0.1, -0.05) is 24.6 Å². The molecule has 2 aromatic carbocycles. The molecule has 3 aromatic heterocycles. The molecule has 61 heavy (non-hydrogen) atoms. The quantitative estimate of drug-likeness (QED) is 0.121. The molecule has 0 atom stereocenters. The molecule has 320 valence electrons. The number of fused-ring (bicyclic) bond motifs is 1. The summed E-state index contributed by atoms with van der Waals surface area (Å²) in [4.78, 5) is 31.1. The van der Waals surface area contributed by atoms with Gasteiger partial charge in [-0.05, 0) is 92.5 Å². The Hall–Kier alpha value is -5.43. The third kappa shape index (κ3) is 9.88. The van der Waals surface area contributed by atoms with Crippen molar-refractivity contribution in [3.8, 4) is 28.7 Å². The van der Waals surface area contributed by atoms with Gasteiger partial charge in [-0.15, -0.1) is 10.2 Å². The lowest BCUT2D eigenvalue weighted by molar-refractivity contribution is -0.0727. The summed E-state index contributed by atoms with van der Waals surface area (Å²) in [6.45, 7) is 3.96. The van der Waals surface area contributed by atoms with Gasteiger partial charge in [-0.2, -0.15) is 5.26 Å². The first-order valence-corrected chi connectivity index (χ1v) is 23.2. The third-order valence-electron chi connectivity index (χ3n) is 12.2. The van der Waals surface area contributed by atoms with Crippen LogP contribution in [0, 0.1) is 17.2 Å². The SMILES string of the molecule is CCS(=O)(=O)Cc1ccc(O[C@H]2C[C@H](OCC3CCN(c4ccc(C(=O)N[C@H]5CC[C@H](Oc6ccc(C#N)c(Cl)c6)CC5)nn4)CC3)C2)c(-c2cn(C)c(=O)c3[nH]ccc23)c1. The van der Waals surface area contributed by atoms with Gasteiger partial charge < -0.3 is 34.0 Å². The molecule has 2 saturated carbocycles. The number of aromatic amines is 1. The number of H-pyrrole nitrogens is 1. The number of amides is 1. The summed E-state index contributed by atoms with van der Waals surface area (Å²) >= 11 is 6.15. The summed E-state index contributed by atoms with van der Waals surface area (Å²) in [5, 5.41) is 22.0. The van der Waals surface area contributed by atoms with Crippen molar-refractivity contribution in [3.05, 3.63) is 99.2 Å². The maximum Gasteiger partial charge on any atom is 0.274 e. The van der Waals surface area contributed by atoms with Crippen LogP contribution in [0.3, 0.4) is 0 Å². The number of rotatable bonds is 14. The number of halogens is 1. The number of anilines is 1. The second-order valence-electron chi connectivity index (χ2n) is 16.4. The van der Waals surface area contributed by atoms with E-state index in [0.29, 0.717) is 51.4 Å². The minimum absolute atomic E-state index is 0.0162. The fourth-order valence-corrected chi connectivity index (χ4v) is 9.51. The van der Waals surface area contributed by atoms with Crippen LogP contribution in [0.4, 0.5) is 5.82 Å². The molecule has 2 N–H and O–H groups in total. The molecule has 16 heteroatoms. The molecule has 0 spiro atoms. The van der Waals surface area contributed by atoms with Crippen molar-refractivity contribution in [2.75, 3.05) is 30.3 Å². The number of piperidine rings is 1. The van der Waals surface area contributed by atoms with Crippen molar-refractivity contribution in [2.45, 2.75) is 88.4 Å². The Balaban J connectivity index is 0.776. The fourth-order valence-electron chi connectivity index (χ4n) is 8.40. The zero-order valence-electron chi connectivity index (χ0n) is 34.3. The smallest absolute Gasteiger partial charge is 0.274 e. The van der Waals surface area contributed by atoms with Gasteiger partial charge in [-0.25, -0.2) is 8.42 Å². The maximum atomic E-state index is 13.0. The van der Waals surface area contributed by atoms with E-state index in [1.54, 1.807) is 50.6 Å². The van der Waals surface area contributed by atoms with E-state index in [1.165, 1.54) is 4.57 Å². The summed E-state index contributed by atoms with van der Waals surface area (Å²) in [7, 11) is -1.55. The van der Waals surface area contributed by atoms with Gasteiger partial charge in [0.15, 0.2) is 21.3 Å². The number of pyridine rings is 1. The monoisotopic (exact) mass is 867 g/mol. The van der Waals surface area contributed by atoms with Crippen LogP contribution in [0.15, 0.2) is 71.8 Å². The number of carbonyl (C=O) groups is 1. The van der Waals surface area contributed by atoms with E-state index in [-0.39, 0.29) is 47.3 Å². The van der Waals surface area contributed by atoms with Crippen LogP contribution in [0.1, 0.15) is 79.9 Å². The lowest BCUT2D eigenvalue weighted by Crippen LogP contribution is -2.41. The second kappa shape index (κ2) is 18.3. The topological polar surface area (TPSA) is 182 Å². The highest BCUT2D eigenvalue weighted by Crippen LogP contribution is 2.39. The lowest BCUT2D eigenvalue weighted by atomic mass is 9.91. The summed E-state index contributed by atoms with van der Waals surface area (Å²) in [5.41, 5.74) is 3.26. The number of hydrogen-bond acceptors (Lipinski definition) is 11. The minimum atomic E-state index is -3.26. The molecule has 1 saturated heterocycles. The molecule has 4 heterocycles. The maximum absolute atomic E-state index is 13.0. The Morgan fingerprint density at radius 2 is 1.74 bits per heavy atom. The van der Waals surface area contributed by atoms with Gasteiger partial charge in [-0.3, -0.25) is 9.59 Å². The van der Waals surface area contributed by atoms with E-state index >= 15 is 0 Å². The predicted octanol–water partition coefficient (Wildman–Crippen LogP) is 6.75. The second-order valence-corrected chi connectivity index (χ2v) is 19.2. The molecular weight excluding hydrogens is 818 g/mol. The van der Waals surface area contributed by atoms with Gasteiger partial charge in [0.2, 0.25) is 0 Å². The van der Waals surface area contributed by atoms with E-state index in [4.69, 9.17) is 31.1 Å². The minimum Gasteiger partial charge on any atom is -0.490 e. The summed E-state index contributed by atoms with van der Waals surface area (Å²) < 4.78 is 45.5. The van der Waals surface area contributed by atoms with Crippen LogP contribution in [0.5, 0.6) is 11.5 Å². The number of ether oxygens (including phenoxy) is 3. The van der Waals surface area contributed by atoms with Crippen molar-refractivity contribution >= 4 is 44.1 Å². The third-order valence-corrected chi connectivity index (χ3v) is 14.1. The zero-order valence-corrected chi connectivity index (χ0v) is 35.9. The zero-order chi connectivity index (χ0) is 42.7. The highest BCUT2D eigenvalue weighted by atomic mass is 35.5. The number of aryl methyl sites for hydroxylation is 1. The number of benzene rings is 2. The van der Waals surface area contributed by atoms with Crippen molar-refractivity contribution in [1.82, 2.24) is 25.1 Å².